The molecule has 1 aliphatic rings. The van der Waals surface area contributed by atoms with Crippen molar-refractivity contribution in [1.82, 2.24) is 9.62 Å². The largest absolute Gasteiger partial charge is 0.373 e. The van der Waals surface area contributed by atoms with Crippen LogP contribution in [0, 0.1) is 24.0 Å². The standard InChI is InChI=1S/C17H27N3O5S/c1-12-8-16(20(21)22)17(9-13(12)2)26(23,24)18-6-5-7-19-10-14(3)25-15(4)11-19/h8-9,14-15,18H,5-7,10-11H2,1-4H3. The molecule has 0 saturated carbocycles. The average molecular weight is 385 g/mol. The lowest BCUT2D eigenvalue weighted by Gasteiger charge is -2.35. The molecule has 1 fully saturated rings. The van der Waals surface area contributed by atoms with Crippen molar-refractivity contribution >= 4 is 15.7 Å². The number of ether oxygens (including phenoxy) is 1. The number of hydrogen-bond acceptors (Lipinski definition) is 6. The van der Waals surface area contributed by atoms with Gasteiger partial charge in [0.2, 0.25) is 10.0 Å². The van der Waals surface area contributed by atoms with Gasteiger partial charge in [-0.1, -0.05) is 0 Å². The molecule has 9 heteroatoms. The second-order valence-corrected chi connectivity index (χ2v) is 8.66. The molecule has 0 bridgehead atoms. The van der Waals surface area contributed by atoms with Gasteiger partial charge in [-0.05, 0) is 57.9 Å². The van der Waals surface area contributed by atoms with Crippen LogP contribution < -0.4 is 4.72 Å². The third-order valence-electron chi connectivity index (χ3n) is 4.50. The first-order valence-corrected chi connectivity index (χ1v) is 10.2. The molecule has 1 aliphatic heterocycles. The molecule has 2 rings (SSSR count). The van der Waals surface area contributed by atoms with Crippen molar-refractivity contribution in [3.05, 3.63) is 33.4 Å². The lowest BCUT2D eigenvalue weighted by atomic mass is 10.1. The van der Waals surface area contributed by atoms with Crippen molar-refractivity contribution in [1.29, 1.82) is 0 Å². The van der Waals surface area contributed by atoms with E-state index in [-0.39, 0.29) is 23.6 Å². The number of nitro groups is 1. The molecule has 2 atom stereocenters. The summed E-state index contributed by atoms with van der Waals surface area (Å²) in [5.74, 6) is 0. The first kappa shape index (κ1) is 20.8. The predicted octanol–water partition coefficient (Wildman–Crippen LogP) is 1.99. The molecule has 8 nitrogen and oxygen atoms in total. The summed E-state index contributed by atoms with van der Waals surface area (Å²) in [6.07, 6.45) is 0.944. The van der Waals surface area contributed by atoms with E-state index in [2.05, 4.69) is 9.62 Å². The zero-order chi connectivity index (χ0) is 19.5. The van der Waals surface area contributed by atoms with Gasteiger partial charge in [-0.2, -0.15) is 0 Å². The summed E-state index contributed by atoms with van der Waals surface area (Å²) >= 11 is 0. The normalized spacial score (nSPS) is 21.7. The fourth-order valence-corrected chi connectivity index (χ4v) is 4.50. The second-order valence-electron chi connectivity index (χ2n) is 6.93. The van der Waals surface area contributed by atoms with E-state index in [4.69, 9.17) is 4.74 Å². The maximum atomic E-state index is 12.5. The number of morpholine rings is 1. The van der Waals surface area contributed by atoms with Crippen molar-refractivity contribution in [3.63, 3.8) is 0 Å². The summed E-state index contributed by atoms with van der Waals surface area (Å²) in [5, 5.41) is 11.2. The topological polar surface area (TPSA) is 102 Å². The number of nitrogens with one attached hydrogen (secondary N) is 1. The number of rotatable bonds is 7. The highest BCUT2D eigenvalue weighted by Crippen LogP contribution is 2.27. The van der Waals surface area contributed by atoms with Gasteiger partial charge < -0.3 is 4.74 Å². The Morgan fingerprint density at radius 1 is 1.23 bits per heavy atom. The minimum atomic E-state index is -3.93. The van der Waals surface area contributed by atoms with Crippen LogP contribution in [0.3, 0.4) is 0 Å². The van der Waals surface area contributed by atoms with Crippen LogP contribution >= 0.6 is 0 Å². The Morgan fingerprint density at radius 3 is 2.38 bits per heavy atom. The van der Waals surface area contributed by atoms with E-state index in [9.17, 15) is 18.5 Å². The molecule has 0 amide bonds. The minimum Gasteiger partial charge on any atom is -0.373 e. The molecule has 1 aromatic carbocycles. The van der Waals surface area contributed by atoms with Crippen molar-refractivity contribution in [2.45, 2.75) is 51.2 Å². The molecular weight excluding hydrogens is 358 g/mol. The fraction of sp³-hybridized carbons (Fsp3) is 0.647. The van der Waals surface area contributed by atoms with Gasteiger partial charge in [0.05, 0.1) is 17.1 Å². The van der Waals surface area contributed by atoms with Crippen LogP contribution in [0.25, 0.3) is 0 Å². The van der Waals surface area contributed by atoms with E-state index in [0.29, 0.717) is 17.5 Å². The van der Waals surface area contributed by atoms with Crippen LogP contribution in [0.1, 0.15) is 31.4 Å². The van der Waals surface area contributed by atoms with Crippen molar-refractivity contribution < 1.29 is 18.1 Å². The number of nitro benzene ring substituents is 1. The molecule has 1 N–H and O–H groups in total. The SMILES string of the molecule is Cc1cc([N+](=O)[O-])c(S(=O)(=O)NCCCN2CC(C)OC(C)C2)cc1C. The fourth-order valence-electron chi connectivity index (χ4n) is 3.19. The molecular formula is C17H27N3O5S. The van der Waals surface area contributed by atoms with E-state index in [1.165, 1.54) is 12.1 Å². The quantitative estimate of drug-likeness (QED) is 0.437. The van der Waals surface area contributed by atoms with Crippen LogP contribution in [-0.2, 0) is 14.8 Å². The molecule has 0 radical (unpaired) electrons. The van der Waals surface area contributed by atoms with E-state index in [1.54, 1.807) is 13.8 Å². The first-order chi connectivity index (χ1) is 12.1. The summed E-state index contributed by atoms with van der Waals surface area (Å²) < 4.78 is 33.2. The van der Waals surface area contributed by atoms with Crippen LogP contribution in [0.5, 0.6) is 0 Å². The second kappa shape index (κ2) is 8.43. The summed E-state index contributed by atoms with van der Waals surface area (Å²) in [6.45, 7) is 10.1. The van der Waals surface area contributed by atoms with Gasteiger partial charge in [0.25, 0.3) is 5.69 Å². The van der Waals surface area contributed by atoms with E-state index in [1.807, 2.05) is 13.8 Å². The Kier molecular flexibility index (Phi) is 6.73. The molecule has 26 heavy (non-hydrogen) atoms. The van der Waals surface area contributed by atoms with Gasteiger partial charge in [0, 0.05) is 25.7 Å². The summed E-state index contributed by atoms with van der Waals surface area (Å²) in [6, 6.07) is 2.67. The van der Waals surface area contributed by atoms with Gasteiger partial charge in [-0.3, -0.25) is 15.0 Å². The first-order valence-electron chi connectivity index (χ1n) is 8.73. The highest BCUT2D eigenvalue weighted by atomic mass is 32.2. The minimum absolute atomic E-state index is 0.161. The summed E-state index contributed by atoms with van der Waals surface area (Å²) in [7, 11) is -3.93. The van der Waals surface area contributed by atoms with Gasteiger partial charge in [-0.15, -0.1) is 0 Å². The summed E-state index contributed by atoms with van der Waals surface area (Å²) in [4.78, 5) is 12.5. The van der Waals surface area contributed by atoms with Crippen LogP contribution in [-0.4, -0.2) is 56.6 Å². The highest BCUT2D eigenvalue weighted by molar-refractivity contribution is 7.89. The Morgan fingerprint density at radius 2 is 1.81 bits per heavy atom. The molecule has 1 heterocycles. The third-order valence-corrected chi connectivity index (χ3v) is 5.99. The van der Waals surface area contributed by atoms with Crippen molar-refractivity contribution in [3.8, 4) is 0 Å². The maximum Gasteiger partial charge on any atom is 0.289 e. The zero-order valence-corrected chi connectivity index (χ0v) is 16.5. The third kappa shape index (κ3) is 5.23. The molecule has 0 aliphatic carbocycles. The Balaban J connectivity index is 1.99. The molecule has 1 saturated heterocycles. The van der Waals surface area contributed by atoms with Gasteiger partial charge in [-0.25, -0.2) is 13.1 Å². The molecule has 2 unspecified atom stereocenters. The predicted molar refractivity (Wildman–Crippen MR) is 98.8 cm³/mol. The summed E-state index contributed by atoms with van der Waals surface area (Å²) in [5.41, 5.74) is 0.995. The number of hydrogen-bond donors (Lipinski definition) is 1. The molecule has 146 valence electrons. The lowest BCUT2D eigenvalue weighted by Crippen LogP contribution is -2.46. The molecule has 0 aromatic heterocycles. The monoisotopic (exact) mass is 385 g/mol. The number of sulfonamides is 1. The Bertz CT molecular complexity index is 756. The number of benzene rings is 1. The highest BCUT2D eigenvalue weighted by Gasteiger charge is 2.27. The Labute approximate surface area is 154 Å². The van der Waals surface area contributed by atoms with Crippen molar-refractivity contribution in [2.24, 2.45) is 0 Å². The smallest absolute Gasteiger partial charge is 0.289 e. The van der Waals surface area contributed by atoms with E-state index in [0.717, 1.165) is 19.6 Å². The van der Waals surface area contributed by atoms with Gasteiger partial charge in [0.15, 0.2) is 4.90 Å². The van der Waals surface area contributed by atoms with Gasteiger partial charge in [0.1, 0.15) is 0 Å². The lowest BCUT2D eigenvalue weighted by molar-refractivity contribution is -0.387. The maximum absolute atomic E-state index is 12.5. The van der Waals surface area contributed by atoms with Crippen LogP contribution in [0.2, 0.25) is 0 Å². The van der Waals surface area contributed by atoms with Crippen LogP contribution in [0.15, 0.2) is 17.0 Å². The number of nitrogens with zero attached hydrogens (tertiary/aromatic N) is 2. The number of aryl methyl sites for hydroxylation is 2. The molecule has 0 spiro atoms. The van der Waals surface area contributed by atoms with Crippen molar-refractivity contribution in [2.75, 3.05) is 26.2 Å². The van der Waals surface area contributed by atoms with Crippen LogP contribution in [0.4, 0.5) is 5.69 Å². The average Bonchev–Trinajstić information content (AvgIpc) is 2.52. The van der Waals surface area contributed by atoms with E-state index < -0.39 is 20.6 Å². The molecule has 1 aromatic rings. The Hall–Kier alpha value is -1.55. The van der Waals surface area contributed by atoms with E-state index >= 15 is 0 Å². The zero-order valence-electron chi connectivity index (χ0n) is 15.7. The van der Waals surface area contributed by atoms with Gasteiger partial charge >= 0.3 is 0 Å².